The van der Waals surface area contributed by atoms with E-state index in [2.05, 4.69) is 11.8 Å². The highest BCUT2D eigenvalue weighted by Gasteiger charge is 2.02. The van der Waals surface area contributed by atoms with E-state index in [9.17, 15) is 9.59 Å². The molecule has 0 fully saturated rings. The van der Waals surface area contributed by atoms with Crippen LogP contribution in [0.2, 0.25) is 0 Å². The molecule has 1 aromatic rings. The number of carbonyl (C=O) groups is 2. The Balaban J connectivity index is 2.80. The summed E-state index contributed by atoms with van der Waals surface area (Å²) < 4.78 is 0. The lowest BCUT2D eigenvalue weighted by Crippen LogP contribution is -1.95. The fraction of sp³-hybridized carbons (Fsp3) is 0.231. The SMILES string of the molecule is CC(=O)SCC#Cc1ccccc1C(C)=O. The average molecular weight is 232 g/mol. The third-order valence-electron chi connectivity index (χ3n) is 1.88. The first-order valence-electron chi connectivity index (χ1n) is 4.83. The van der Waals surface area contributed by atoms with Crippen molar-refractivity contribution in [1.82, 2.24) is 0 Å². The molecule has 0 N–H and O–H groups in total. The molecule has 1 aromatic carbocycles. The lowest BCUT2D eigenvalue weighted by molar-refractivity contribution is -0.109. The number of rotatable bonds is 2. The predicted molar refractivity (Wildman–Crippen MR) is 66.5 cm³/mol. The molecule has 3 heteroatoms. The molecule has 0 spiro atoms. The molecule has 0 aliphatic heterocycles. The van der Waals surface area contributed by atoms with Crippen molar-refractivity contribution in [3.05, 3.63) is 35.4 Å². The van der Waals surface area contributed by atoms with Gasteiger partial charge in [0.15, 0.2) is 10.9 Å². The minimum absolute atomic E-state index is 0.00382. The molecule has 0 heterocycles. The Morgan fingerprint density at radius 3 is 2.56 bits per heavy atom. The van der Waals surface area contributed by atoms with Gasteiger partial charge in [-0.1, -0.05) is 41.8 Å². The van der Waals surface area contributed by atoms with Crippen molar-refractivity contribution < 1.29 is 9.59 Å². The Bertz CT molecular complexity index is 466. The summed E-state index contributed by atoms with van der Waals surface area (Å²) in [4.78, 5) is 22.0. The quantitative estimate of drug-likeness (QED) is 0.580. The molecule has 2 nitrogen and oxygen atoms in total. The molecule has 0 bridgehead atoms. The Hall–Kier alpha value is -1.53. The van der Waals surface area contributed by atoms with Gasteiger partial charge in [-0.2, -0.15) is 0 Å². The Morgan fingerprint density at radius 2 is 1.94 bits per heavy atom. The van der Waals surface area contributed by atoms with Crippen molar-refractivity contribution >= 4 is 22.7 Å². The molecule has 0 amide bonds. The fourth-order valence-corrected chi connectivity index (χ4v) is 1.52. The van der Waals surface area contributed by atoms with E-state index in [-0.39, 0.29) is 10.9 Å². The topological polar surface area (TPSA) is 34.1 Å². The van der Waals surface area contributed by atoms with Crippen LogP contribution in [0.15, 0.2) is 24.3 Å². The number of hydrogen-bond donors (Lipinski definition) is 0. The van der Waals surface area contributed by atoms with Gasteiger partial charge in [-0.05, 0) is 13.0 Å². The molecule has 0 saturated heterocycles. The summed E-state index contributed by atoms with van der Waals surface area (Å²) in [5.74, 6) is 6.24. The van der Waals surface area contributed by atoms with Gasteiger partial charge in [0, 0.05) is 18.1 Å². The summed E-state index contributed by atoms with van der Waals surface area (Å²) in [6, 6.07) is 7.22. The summed E-state index contributed by atoms with van der Waals surface area (Å²) in [5, 5.41) is 0.0501. The van der Waals surface area contributed by atoms with Crippen LogP contribution in [0.25, 0.3) is 0 Å². The summed E-state index contributed by atoms with van der Waals surface area (Å²) in [6.45, 7) is 3.03. The van der Waals surface area contributed by atoms with Crippen LogP contribution in [-0.2, 0) is 4.79 Å². The summed E-state index contributed by atoms with van der Waals surface area (Å²) in [6.07, 6.45) is 0. The maximum Gasteiger partial charge on any atom is 0.186 e. The van der Waals surface area contributed by atoms with Crippen molar-refractivity contribution in [2.24, 2.45) is 0 Å². The molecule has 0 saturated carbocycles. The van der Waals surface area contributed by atoms with Gasteiger partial charge in [-0.3, -0.25) is 9.59 Å². The first-order valence-corrected chi connectivity index (χ1v) is 5.82. The van der Waals surface area contributed by atoms with Crippen molar-refractivity contribution in [2.45, 2.75) is 13.8 Å². The molecule has 1 rings (SSSR count). The second-order valence-electron chi connectivity index (χ2n) is 3.18. The van der Waals surface area contributed by atoms with Gasteiger partial charge in [0.2, 0.25) is 0 Å². The van der Waals surface area contributed by atoms with Gasteiger partial charge < -0.3 is 0 Å². The van der Waals surface area contributed by atoms with Gasteiger partial charge in [-0.25, -0.2) is 0 Å². The van der Waals surface area contributed by atoms with Gasteiger partial charge in [0.25, 0.3) is 0 Å². The summed E-state index contributed by atoms with van der Waals surface area (Å²) in [5.41, 5.74) is 1.35. The van der Waals surface area contributed by atoms with E-state index in [0.717, 1.165) is 5.56 Å². The highest BCUT2D eigenvalue weighted by atomic mass is 32.2. The minimum atomic E-state index is 0.00382. The van der Waals surface area contributed by atoms with E-state index < -0.39 is 0 Å². The summed E-state index contributed by atoms with van der Waals surface area (Å²) >= 11 is 1.17. The number of carbonyl (C=O) groups excluding carboxylic acids is 2. The molecule has 16 heavy (non-hydrogen) atoms. The number of benzene rings is 1. The Morgan fingerprint density at radius 1 is 1.25 bits per heavy atom. The van der Waals surface area contributed by atoms with Crippen LogP contribution in [0, 0.1) is 11.8 Å². The first-order chi connectivity index (χ1) is 7.61. The predicted octanol–water partition coefficient (Wildman–Crippen LogP) is 2.52. The normalized spacial score (nSPS) is 9.12. The van der Waals surface area contributed by atoms with Crippen molar-refractivity contribution in [3.8, 4) is 11.8 Å². The molecule has 0 aliphatic carbocycles. The van der Waals surface area contributed by atoms with Crippen molar-refractivity contribution in [1.29, 1.82) is 0 Å². The zero-order chi connectivity index (χ0) is 12.0. The molecule has 0 aliphatic rings. The van der Waals surface area contributed by atoms with Gasteiger partial charge in [0.05, 0.1) is 5.75 Å². The van der Waals surface area contributed by atoms with Crippen LogP contribution < -0.4 is 0 Å². The van der Waals surface area contributed by atoms with Crippen molar-refractivity contribution in [3.63, 3.8) is 0 Å². The zero-order valence-electron chi connectivity index (χ0n) is 9.24. The molecular weight excluding hydrogens is 220 g/mol. The maximum atomic E-state index is 11.3. The lowest BCUT2D eigenvalue weighted by Gasteiger charge is -1.98. The first kappa shape index (κ1) is 12.5. The second kappa shape index (κ2) is 6.14. The van der Waals surface area contributed by atoms with Gasteiger partial charge in [0.1, 0.15) is 0 Å². The molecule has 0 atom stereocenters. The largest absolute Gasteiger partial charge is 0.294 e. The van der Waals surface area contributed by atoms with Crippen LogP contribution in [0.5, 0.6) is 0 Å². The highest BCUT2D eigenvalue weighted by molar-refractivity contribution is 8.13. The number of thioether (sulfide) groups is 1. The molecular formula is C13H12O2S. The fourth-order valence-electron chi connectivity index (χ4n) is 1.17. The van der Waals surface area contributed by atoms with E-state index in [4.69, 9.17) is 0 Å². The van der Waals surface area contributed by atoms with Crippen LogP contribution in [-0.4, -0.2) is 16.7 Å². The molecule has 0 radical (unpaired) electrons. The minimum Gasteiger partial charge on any atom is -0.294 e. The number of Topliss-reactive ketones (excluding diaryl/α,β-unsaturated/α-hetero) is 1. The Kier molecular flexibility index (Phi) is 4.81. The Labute approximate surface area is 99.4 Å². The van der Waals surface area contributed by atoms with Crippen LogP contribution in [0.1, 0.15) is 29.8 Å². The number of ketones is 1. The van der Waals surface area contributed by atoms with E-state index in [1.807, 2.05) is 18.2 Å². The molecule has 82 valence electrons. The van der Waals surface area contributed by atoms with Crippen LogP contribution in [0.4, 0.5) is 0 Å². The van der Waals surface area contributed by atoms with Gasteiger partial charge in [-0.15, -0.1) is 0 Å². The standard InChI is InChI=1S/C13H12O2S/c1-10(14)13-8-4-3-6-12(13)7-5-9-16-11(2)15/h3-4,6,8H,9H2,1-2H3. The smallest absolute Gasteiger partial charge is 0.186 e. The maximum absolute atomic E-state index is 11.3. The second-order valence-corrected chi connectivity index (χ2v) is 4.34. The number of hydrogen-bond acceptors (Lipinski definition) is 3. The molecule has 0 aromatic heterocycles. The van der Waals surface area contributed by atoms with E-state index in [1.54, 1.807) is 6.07 Å². The average Bonchev–Trinajstić information content (AvgIpc) is 2.24. The molecule has 0 unspecified atom stereocenters. The van der Waals surface area contributed by atoms with Crippen molar-refractivity contribution in [2.75, 3.05) is 5.75 Å². The van der Waals surface area contributed by atoms with E-state index in [1.165, 1.54) is 25.6 Å². The third-order valence-corrected chi connectivity index (χ3v) is 2.57. The van der Waals surface area contributed by atoms with Crippen LogP contribution >= 0.6 is 11.8 Å². The van der Waals surface area contributed by atoms with Gasteiger partial charge >= 0.3 is 0 Å². The highest BCUT2D eigenvalue weighted by Crippen LogP contribution is 2.08. The monoisotopic (exact) mass is 232 g/mol. The van der Waals surface area contributed by atoms with Crippen LogP contribution in [0.3, 0.4) is 0 Å². The lowest BCUT2D eigenvalue weighted by atomic mass is 10.1. The van der Waals surface area contributed by atoms with E-state index in [0.29, 0.717) is 11.3 Å². The third kappa shape index (κ3) is 3.92. The van der Waals surface area contributed by atoms with E-state index >= 15 is 0 Å². The summed E-state index contributed by atoms with van der Waals surface area (Å²) in [7, 11) is 0. The zero-order valence-corrected chi connectivity index (χ0v) is 10.1.